The van der Waals surface area contributed by atoms with Crippen LogP contribution in [0.4, 0.5) is 10.5 Å². The van der Waals surface area contributed by atoms with Crippen LogP contribution < -0.4 is 10.6 Å². The first-order chi connectivity index (χ1) is 9.90. The molecule has 2 amide bonds. The average molecular weight is 295 g/mol. The number of carbonyl (C=O) groups is 2. The second kappa shape index (κ2) is 7.83. The van der Waals surface area contributed by atoms with E-state index in [-0.39, 0.29) is 24.7 Å². The van der Waals surface area contributed by atoms with Gasteiger partial charge in [0.15, 0.2) is 0 Å². The van der Waals surface area contributed by atoms with Crippen LogP contribution in [0.25, 0.3) is 0 Å². The molecule has 0 fully saturated rings. The summed E-state index contributed by atoms with van der Waals surface area (Å²) in [4.78, 5) is 31.9. The summed E-state index contributed by atoms with van der Waals surface area (Å²) in [5.41, 5.74) is 0.727. The number of nitro groups is 1. The van der Waals surface area contributed by atoms with Gasteiger partial charge in [-0.05, 0) is 18.9 Å². The highest BCUT2D eigenvalue weighted by atomic mass is 16.6. The Morgan fingerprint density at radius 1 is 1.33 bits per heavy atom. The lowest BCUT2D eigenvalue weighted by Gasteiger charge is -2.14. The van der Waals surface area contributed by atoms with E-state index in [0.29, 0.717) is 6.42 Å². The number of carboxylic acids is 1. The molecule has 0 aliphatic rings. The van der Waals surface area contributed by atoms with Crippen molar-refractivity contribution in [2.24, 2.45) is 0 Å². The lowest BCUT2D eigenvalue weighted by Crippen LogP contribution is -2.37. The molecule has 0 saturated heterocycles. The lowest BCUT2D eigenvalue weighted by molar-refractivity contribution is -0.384. The molecule has 114 valence electrons. The number of hydrogen-bond acceptors (Lipinski definition) is 4. The predicted molar refractivity (Wildman–Crippen MR) is 74.9 cm³/mol. The molecule has 0 bridgehead atoms. The SMILES string of the molecule is C[C@H](NC(=O)NCCCC(=O)O)c1ccc([N+](=O)[O-])cc1. The molecule has 0 unspecified atom stereocenters. The van der Waals surface area contributed by atoms with Crippen molar-refractivity contribution < 1.29 is 19.6 Å². The molecule has 0 aliphatic heterocycles. The molecule has 0 radical (unpaired) electrons. The van der Waals surface area contributed by atoms with Gasteiger partial charge in [-0.2, -0.15) is 0 Å². The van der Waals surface area contributed by atoms with Crippen molar-refractivity contribution in [3.8, 4) is 0 Å². The van der Waals surface area contributed by atoms with Gasteiger partial charge in [0.1, 0.15) is 0 Å². The molecule has 3 N–H and O–H groups in total. The van der Waals surface area contributed by atoms with Gasteiger partial charge < -0.3 is 15.7 Å². The van der Waals surface area contributed by atoms with Gasteiger partial charge in [-0.3, -0.25) is 14.9 Å². The highest BCUT2D eigenvalue weighted by molar-refractivity contribution is 5.74. The van der Waals surface area contributed by atoms with E-state index >= 15 is 0 Å². The molecule has 0 aromatic heterocycles. The van der Waals surface area contributed by atoms with Crippen LogP contribution in [0.1, 0.15) is 31.4 Å². The fraction of sp³-hybridized carbons (Fsp3) is 0.385. The molecular formula is C13H17N3O5. The Balaban J connectivity index is 2.41. The van der Waals surface area contributed by atoms with Crippen LogP contribution in [0.15, 0.2) is 24.3 Å². The Kier molecular flexibility index (Phi) is 6.12. The number of hydrogen-bond donors (Lipinski definition) is 3. The maximum Gasteiger partial charge on any atom is 0.315 e. The van der Waals surface area contributed by atoms with Crippen molar-refractivity contribution in [2.75, 3.05) is 6.54 Å². The summed E-state index contributed by atoms with van der Waals surface area (Å²) >= 11 is 0. The summed E-state index contributed by atoms with van der Waals surface area (Å²) in [7, 11) is 0. The standard InChI is InChI=1S/C13H17N3O5/c1-9(10-4-6-11(7-5-10)16(20)21)15-13(19)14-8-2-3-12(17)18/h4-7,9H,2-3,8H2,1H3,(H,17,18)(H2,14,15,19)/t9-/m0/s1. The second-order valence-corrected chi connectivity index (χ2v) is 4.47. The number of carbonyl (C=O) groups excluding carboxylic acids is 1. The Morgan fingerprint density at radius 3 is 2.48 bits per heavy atom. The van der Waals surface area contributed by atoms with Crippen LogP contribution >= 0.6 is 0 Å². The number of amides is 2. The lowest BCUT2D eigenvalue weighted by atomic mass is 10.1. The molecule has 1 atom stereocenters. The smallest absolute Gasteiger partial charge is 0.315 e. The van der Waals surface area contributed by atoms with E-state index in [0.717, 1.165) is 5.56 Å². The first-order valence-corrected chi connectivity index (χ1v) is 6.40. The number of nitrogens with one attached hydrogen (secondary N) is 2. The molecule has 0 saturated carbocycles. The first kappa shape index (κ1) is 16.4. The van der Waals surface area contributed by atoms with Crippen LogP contribution in [0.3, 0.4) is 0 Å². The minimum atomic E-state index is -0.906. The van der Waals surface area contributed by atoms with Crippen molar-refractivity contribution in [1.82, 2.24) is 10.6 Å². The van der Waals surface area contributed by atoms with Gasteiger partial charge in [0.05, 0.1) is 11.0 Å². The highest BCUT2D eigenvalue weighted by Crippen LogP contribution is 2.17. The number of rotatable bonds is 7. The minimum absolute atomic E-state index is 0.00180. The van der Waals surface area contributed by atoms with Crippen LogP contribution in [-0.2, 0) is 4.79 Å². The average Bonchev–Trinajstić information content (AvgIpc) is 2.43. The number of urea groups is 1. The molecule has 0 spiro atoms. The zero-order chi connectivity index (χ0) is 15.8. The normalized spacial score (nSPS) is 11.5. The summed E-state index contributed by atoms with van der Waals surface area (Å²) in [5, 5.41) is 24.2. The monoisotopic (exact) mass is 295 g/mol. The van der Waals surface area contributed by atoms with E-state index in [1.165, 1.54) is 12.1 Å². The summed E-state index contributed by atoms with van der Waals surface area (Å²) < 4.78 is 0. The van der Waals surface area contributed by atoms with Crippen LogP contribution in [0, 0.1) is 10.1 Å². The van der Waals surface area contributed by atoms with Crippen molar-refractivity contribution in [3.63, 3.8) is 0 Å². The summed E-state index contributed by atoms with van der Waals surface area (Å²) in [6.07, 6.45) is 0.354. The van der Waals surface area contributed by atoms with E-state index in [1.54, 1.807) is 19.1 Å². The third-order valence-electron chi connectivity index (χ3n) is 2.80. The van der Waals surface area contributed by atoms with Gasteiger partial charge in [0, 0.05) is 25.1 Å². The molecule has 1 aromatic rings. The molecule has 8 heteroatoms. The van der Waals surface area contributed by atoms with E-state index < -0.39 is 16.9 Å². The fourth-order valence-corrected chi connectivity index (χ4v) is 1.66. The minimum Gasteiger partial charge on any atom is -0.481 e. The van der Waals surface area contributed by atoms with Crippen LogP contribution in [0.2, 0.25) is 0 Å². The molecule has 1 aromatic carbocycles. The highest BCUT2D eigenvalue weighted by Gasteiger charge is 2.11. The van der Waals surface area contributed by atoms with Crippen molar-refractivity contribution in [3.05, 3.63) is 39.9 Å². The van der Waals surface area contributed by atoms with E-state index in [2.05, 4.69) is 10.6 Å². The number of nitro benzene ring substituents is 1. The molecule has 21 heavy (non-hydrogen) atoms. The molecular weight excluding hydrogens is 278 g/mol. The second-order valence-electron chi connectivity index (χ2n) is 4.47. The number of benzene rings is 1. The van der Waals surface area contributed by atoms with E-state index in [4.69, 9.17) is 5.11 Å². The maximum atomic E-state index is 11.6. The van der Waals surface area contributed by atoms with Gasteiger partial charge in [-0.25, -0.2) is 4.79 Å². The summed E-state index contributed by atoms with van der Waals surface area (Å²) in [6, 6.07) is 5.17. The Hall–Kier alpha value is -2.64. The molecule has 8 nitrogen and oxygen atoms in total. The van der Waals surface area contributed by atoms with Gasteiger partial charge >= 0.3 is 12.0 Å². The first-order valence-electron chi connectivity index (χ1n) is 6.40. The third kappa shape index (κ3) is 5.89. The topological polar surface area (TPSA) is 122 Å². The van der Waals surface area contributed by atoms with Crippen molar-refractivity contribution in [1.29, 1.82) is 0 Å². The summed E-state index contributed by atoms with van der Waals surface area (Å²) in [5.74, 6) is -0.906. The zero-order valence-corrected chi connectivity index (χ0v) is 11.5. The Morgan fingerprint density at radius 2 is 1.95 bits per heavy atom. The van der Waals surface area contributed by atoms with Crippen LogP contribution in [0.5, 0.6) is 0 Å². The maximum absolute atomic E-state index is 11.6. The van der Waals surface area contributed by atoms with Gasteiger partial charge in [0.25, 0.3) is 5.69 Å². The van der Waals surface area contributed by atoms with Gasteiger partial charge in [-0.15, -0.1) is 0 Å². The molecule has 0 heterocycles. The molecule has 1 rings (SSSR count). The van der Waals surface area contributed by atoms with Gasteiger partial charge in [0.2, 0.25) is 0 Å². The Bertz CT molecular complexity index is 515. The zero-order valence-electron chi connectivity index (χ0n) is 11.5. The predicted octanol–water partition coefficient (Wildman–Crippen LogP) is 1.82. The summed E-state index contributed by atoms with van der Waals surface area (Å²) in [6.45, 7) is 2.02. The number of carboxylic acid groups (broad SMARTS) is 1. The number of non-ortho nitro benzene ring substituents is 1. The number of aliphatic carboxylic acids is 1. The van der Waals surface area contributed by atoms with Crippen LogP contribution in [-0.4, -0.2) is 28.6 Å². The largest absolute Gasteiger partial charge is 0.481 e. The fourth-order valence-electron chi connectivity index (χ4n) is 1.66. The molecule has 0 aliphatic carbocycles. The van der Waals surface area contributed by atoms with Crippen molar-refractivity contribution >= 4 is 17.7 Å². The third-order valence-corrected chi connectivity index (χ3v) is 2.80. The number of nitrogens with zero attached hydrogens (tertiary/aromatic N) is 1. The van der Waals surface area contributed by atoms with Crippen molar-refractivity contribution in [2.45, 2.75) is 25.8 Å². The quantitative estimate of drug-likeness (QED) is 0.402. The Labute approximate surface area is 121 Å². The van der Waals surface area contributed by atoms with E-state index in [1.807, 2.05) is 0 Å². The van der Waals surface area contributed by atoms with Gasteiger partial charge in [-0.1, -0.05) is 12.1 Å². The van der Waals surface area contributed by atoms with E-state index in [9.17, 15) is 19.7 Å².